The van der Waals surface area contributed by atoms with Gasteiger partial charge in [0.1, 0.15) is 0 Å². The van der Waals surface area contributed by atoms with E-state index in [2.05, 4.69) is 20.2 Å². The Morgan fingerprint density at radius 3 is 2.58 bits per heavy atom. The highest BCUT2D eigenvalue weighted by Crippen LogP contribution is 2.36. The largest absolute Gasteiger partial charge is 0.404 e. The Morgan fingerprint density at radius 1 is 1.23 bits per heavy atom. The molecule has 2 aromatic rings. The second-order valence-electron chi connectivity index (χ2n) is 7.76. The van der Waals surface area contributed by atoms with Gasteiger partial charge in [0.05, 0.1) is 30.2 Å². The zero-order valence-corrected chi connectivity index (χ0v) is 17.7. The first-order chi connectivity index (χ1) is 15.0. The first-order valence-corrected chi connectivity index (χ1v) is 10.3. The topological polar surface area (TPSA) is 114 Å². The first-order valence-electron chi connectivity index (χ1n) is 10.3. The summed E-state index contributed by atoms with van der Waals surface area (Å²) in [5.41, 5.74) is 8.87. The molecule has 0 radical (unpaired) electrons. The molecule has 1 saturated heterocycles. The maximum atomic E-state index is 13.1. The summed E-state index contributed by atoms with van der Waals surface area (Å²) >= 11 is 0. The lowest BCUT2D eigenvalue weighted by Gasteiger charge is -2.31. The lowest BCUT2D eigenvalue weighted by molar-refractivity contribution is -0.111. The van der Waals surface area contributed by atoms with Crippen LogP contribution >= 0.6 is 0 Å². The molecule has 9 heteroatoms. The molecule has 0 saturated carbocycles. The number of aromatic nitrogens is 2. The summed E-state index contributed by atoms with van der Waals surface area (Å²) in [4.78, 5) is 38.1. The third kappa shape index (κ3) is 4.09. The highest BCUT2D eigenvalue weighted by molar-refractivity contribution is 6.25. The summed E-state index contributed by atoms with van der Waals surface area (Å²) in [6.45, 7) is 7.02. The molecule has 2 aliphatic heterocycles. The number of carbonyl (C=O) groups is 2. The number of hydrogen-bond donors (Lipinski definition) is 2. The number of rotatable bonds is 5. The fourth-order valence-electron chi connectivity index (χ4n) is 3.84. The molecule has 31 heavy (non-hydrogen) atoms. The van der Waals surface area contributed by atoms with Crippen LogP contribution in [0.25, 0.3) is 5.57 Å². The number of amides is 2. The van der Waals surface area contributed by atoms with Crippen LogP contribution in [0.2, 0.25) is 0 Å². The van der Waals surface area contributed by atoms with E-state index in [4.69, 9.17) is 10.5 Å². The number of morpholine rings is 1. The molecule has 1 fully saturated rings. The minimum Gasteiger partial charge on any atom is -0.404 e. The van der Waals surface area contributed by atoms with Crippen LogP contribution < -0.4 is 16.0 Å². The average Bonchev–Trinajstić information content (AvgIpc) is 3.11. The second kappa shape index (κ2) is 8.73. The Balaban J connectivity index is 1.70. The van der Waals surface area contributed by atoms with Crippen molar-refractivity contribution in [3.8, 4) is 0 Å². The lowest BCUT2D eigenvalue weighted by atomic mass is 10.1. The monoisotopic (exact) mass is 422 g/mol. The zero-order valence-electron chi connectivity index (χ0n) is 17.7. The molecule has 2 amide bonds. The summed E-state index contributed by atoms with van der Waals surface area (Å²) in [7, 11) is 0. The minimum absolute atomic E-state index is 0.0117. The van der Waals surface area contributed by atoms with Crippen molar-refractivity contribution < 1.29 is 14.3 Å². The normalized spacial score (nSPS) is 16.6. The predicted molar refractivity (Wildman–Crippen MR) is 117 cm³/mol. The van der Waals surface area contributed by atoms with Gasteiger partial charge in [0.2, 0.25) is 0 Å². The molecule has 162 valence electrons. The molecule has 3 heterocycles. The van der Waals surface area contributed by atoms with Crippen LogP contribution in [0.4, 0.5) is 11.4 Å². The van der Waals surface area contributed by atoms with Gasteiger partial charge in [-0.05, 0) is 37.6 Å². The van der Waals surface area contributed by atoms with E-state index in [9.17, 15) is 9.59 Å². The van der Waals surface area contributed by atoms with Crippen LogP contribution in [0.3, 0.4) is 0 Å². The Morgan fingerprint density at radius 2 is 1.94 bits per heavy atom. The van der Waals surface area contributed by atoms with Crippen LogP contribution in [0, 0.1) is 0 Å². The van der Waals surface area contributed by atoms with Crippen molar-refractivity contribution in [3.05, 3.63) is 53.7 Å². The molecular weight excluding hydrogens is 396 g/mol. The van der Waals surface area contributed by atoms with Crippen molar-refractivity contribution in [2.45, 2.75) is 26.4 Å². The van der Waals surface area contributed by atoms with Crippen molar-refractivity contribution in [2.24, 2.45) is 5.73 Å². The lowest BCUT2D eigenvalue weighted by Crippen LogP contribution is -2.37. The molecule has 0 atom stereocenters. The minimum atomic E-state index is -0.409. The highest BCUT2D eigenvalue weighted by Gasteiger charge is 2.32. The van der Waals surface area contributed by atoms with Gasteiger partial charge in [-0.25, -0.2) is 9.97 Å². The van der Waals surface area contributed by atoms with E-state index >= 15 is 0 Å². The number of benzene rings is 1. The fraction of sp³-hybridized carbons (Fsp3) is 0.364. The highest BCUT2D eigenvalue weighted by atomic mass is 16.5. The molecule has 3 N–H and O–H groups in total. The van der Waals surface area contributed by atoms with Crippen molar-refractivity contribution in [1.82, 2.24) is 14.9 Å². The van der Waals surface area contributed by atoms with Crippen LogP contribution in [-0.2, 0) is 16.1 Å². The molecular formula is C22H26N6O3. The Labute approximate surface area is 180 Å². The molecule has 1 aromatic carbocycles. The summed E-state index contributed by atoms with van der Waals surface area (Å²) in [6.07, 6.45) is 4.32. The van der Waals surface area contributed by atoms with E-state index in [-0.39, 0.29) is 23.3 Å². The van der Waals surface area contributed by atoms with Crippen molar-refractivity contribution in [1.29, 1.82) is 0 Å². The summed E-state index contributed by atoms with van der Waals surface area (Å²) < 4.78 is 5.47. The van der Waals surface area contributed by atoms with Gasteiger partial charge in [-0.3, -0.25) is 9.59 Å². The van der Waals surface area contributed by atoms with E-state index in [1.807, 2.05) is 30.9 Å². The van der Waals surface area contributed by atoms with Crippen LogP contribution in [-0.4, -0.2) is 59.0 Å². The zero-order chi connectivity index (χ0) is 22.0. The number of fused-ring (bicyclic) bond motifs is 1. The van der Waals surface area contributed by atoms with Crippen LogP contribution in [0.1, 0.15) is 35.6 Å². The van der Waals surface area contributed by atoms with Gasteiger partial charge >= 0.3 is 0 Å². The van der Waals surface area contributed by atoms with Crippen molar-refractivity contribution >= 4 is 28.8 Å². The van der Waals surface area contributed by atoms with Gasteiger partial charge < -0.3 is 25.6 Å². The molecule has 0 spiro atoms. The quantitative estimate of drug-likeness (QED) is 0.704. The van der Waals surface area contributed by atoms with Gasteiger partial charge in [-0.15, -0.1) is 0 Å². The van der Waals surface area contributed by atoms with Crippen molar-refractivity contribution in [2.75, 3.05) is 36.5 Å². The fourth-order valence-corrected chi connectivity index (χ4v) is 3.84. The molecule has 4 rings (SSSR count). The van der Waals surface area contributed by atoms with E-state index in [1.54, 1.807) is 18.5 Å². The average molecular weight is 422 g/mol. The second-order valence-corrected chi connectivity index (χ2v) is 7.76. The maximum absolute atomic E-state index is 13.1. The van der Waals surface area contributed by atoms with E-state index < -0.39 is 5.91 Å². The smallest absolute Gasteiger partial charge is 0.261 e. The number of nitrogens with one attached hydrogen (secondary N) is 1. The van der Waals surface area contributed by atoms with E-state index in [1.165, 1.54) is 6.20 Å². The predicted octanol–water partition coefficient (Wildman–Crippen LogP) is 1.62. The Bertz CT molecular complexity index is 1020. The van der Waals surface area contributed by atoms with Crippen molar-refractivity contribution in [3.63, 3.8) is 0 Å². The molecule has 9 nitrogen and oxygen atoms in total. The van der Waals surface area contributed by atoms with E-state index in [0.717, 1.165) is 11.3 Å². The molecule has 1 aromatic heterocycles. The summed E-state index contributed by atoms with van der Waals surface area (Å²) in [5.74, 6) is -0.149. The summed E-state index contributed by atoms with van der Waals surface area (Å²) in [6, 6.07) is 5.53. The van der Waals surface area contributed by atoms with Gasteiger partial charge in [-0.2, -0.15) is 0 Å². The third-order valence-electron chi connectivity index (χ3n) is 5.49. The Hall–Kier alpha value is -3.46. The van der Waals surface area contributed by atoms with Gasteiger partial charge in [-0.1, -0.05) is 0 Å². The standard InChI is InChI=1S/C22H26N6O3/c1-14(2)28-13-15-10-18(26-21(29)17(12-23)20-24-4-3-5-25-20)19(11-16(15)22(28)30)27-6-8-31-9-7-27/h3-5,10-12,14H,6-9,13,23H2,1-2H3,(H,26,29). The molecule has 0 unspecified atom stereocenters. The van der Waals surface area contributed by atoms with Gasteiger partial charge in [0, 0.05) is 49.8 Å². The maximum Gasteiger partial charge on any atom is 0.261 e. The first kappa shape index (κ1) is 20.8. The molecule has 0 aliphatic carbocycles. The van der Waals surface area contributed by atoms with E-state index in [0.29, 0.717) is 44.1 Å². The number of anilines is 2. The summed E-state index contributed by atoms with van der Waals surface area (Å²) in [5, 5.41) is 2.97. The Kier molecular flexibility index (Phi) is 5.85. The van der Waals surface area contributed by atoms with Gasteiger partial charge in [0.25, 0.3) is 11.8 Å². The molecule has 0 bridgehead atoms. The number of nitrogens with two attached hydrogens (primary N) is 1. The van der Waals surface area contributed by atoms with Gasteiger partial charge in [0.15, 0.2) is 5.82 Å². The van der Waals surface area contributed by atoms with Crippen LogP contribution in [0.5, 0.6) is 0 Å². The SMILES string of the molecule is CC(C)N1Cc2cc(NC(=O)C(=CN)c3ncccn3)c(N3CCOCC3)cc2C1=O. The third-order valence-corrected chi connectivity index (χ3v) is 5.49. The van der Waals surface area contributed by atoms with Crippen LogP contribution in [0.15, 0.2) is 36.8 Å². The number of nitrogens with zero attached hydrogens (tertiary/aromatic N) is 4. The molecule has 2 aliphatic rings. The number of carbonyl (C=O) groups excluding carboxylic acids is 2. The number of ether oxygens (including phenoxy) is 1. The number of hydrogen-bond acceptors (Lipinski definition) is 7.